The van der Waals surface area contributed by atoms with Gasteiger partial charge in [-0.1, -0.05) is 23.7 Å². The Balaban J connectivity index is 1.27. The number of non-ortho nitro benzene ring substituents is 1. The Morgan fingerprint density at radius 2 is 1.53 bits per heavy atom. The second-order valence-corrected chi connectivity index (χ2v) is 11.0. The Morgan fingerprint density at radius 1 is 0.941 bits per heavy atom. The first-order valence-corrected chi connectivity index (χ1v) is 13.1. The second kappa shape index (κ2) is 10.4. The van der Waals surface area contributed by atoms with Gasteiger partial charge in [-0.05, 0) is 42.7 Å². The Kier molecular flexibility index (Phi) is 7.51. The molecule has 9 nitrogen and oxygen atoms in total. The Bertz CT molecular complexity index is 1120. The number of piperidine rings is 1. The van der Waals surface area contributed by atoms with E-state index in [1.54, 1.807) is 0 Å². The summed E-state index contributed by atoms with van der Waals surface area (Å²) < 4.78 is 27.2. The van der Waals surface area contributed by atoms with Crippen molar-refractivity contribution in [3.63, 3.8) is 0 Å². The number of carbonyl (C=O) groups excluding carboxylic acids is 1. The molecule has 0 radical (unpaired) electrons. The Labute approximate surface area is 204 Å². The van der Waals surface area contributed by atoms with Gasteiger partial charge >= 0.3 is 0 Å². The number of hydrogen-bond donors (Lipinski definition) is 0. The molecule has 0 saturated carbocycles. The molecule has 2 aromatic rings. The van der Waals surface area contributed by atoms with E-state index in [1.807, 2.05) is 29.2 Å². The van der Waals surface area contributed by atoms with Crippen LogP contribution < -0.4 is 0 Å². The van der Waals surface area contributed by atoms with E-state index >= 15 is 0 Å². The van der Waals surface area contributed by atoms with Gasteiger partial charge in [0.15, 0.2) is 0 Å². The molecule has 0 aromatic heterocycles. The van der Waals surface area contributed by atoms with Crippen LogP contribution in [0.4, 0.5) is 5.69 Å². The van der Waals surface area contributed by atoms with Gasteiger partial charge in [0.2, 0.25) is 15.9 Å². The summed E-state index contributed by atoms with van der Waals surface area (Å²) >= 11 is 5.95. The molecule has 2 aromatic carbocycles. The minimum absolute atomic E-state index is 0.0275. The number of nitrogens with zero attached hydrogens (tertiary/aromatic N) is 4. The molecule has 2 saturated heterocycles. The third-order valence-electron chi connectivity index (χ3n) is 6.49. The van der Waals surface area contributed by atoms with E-state index in [2.05, 4.69) is 4.90 Å². The lowest BCUT2D eigenvalue weighted by molar-refractivity contribution is -0.384. The van der Waals surface area contributed by atoms with E-state index in [0.717, 1.165) is 19.6 Å². The molecule has 11 heteroatoms. The normalized spacial score (nSPS) is 18.7. The molecule has 0 unspecified atom stereocenters. The molecule has 182 valence electrons. The number of nitro benzene ring substituents is 1. The summed E-state index contributed by atoms with van der Waals surface area (Å²) in [5.74, 6) is -0.0929. The van der Waals surface area contributed by atoms with Crippen LogP contribution in [0.3, 0.4) is 0 Å². The summed E-state index contributed by atoms with van der Waals surface area (Å²) in [5.41, 5.74) is 1.03. The van der Waals surface area contributed by atoms with Crippen LogP contribution in [0.2, 0.25) is 5.02 Å². The molecule has 1 amide bonds. The van der Waals surface area contributed by atoms with Gasteiger partial charge in [-0.3, -0.25) is 19.8 Å². The second-order valence-electron chi connectivity index (χ2n) is 8.66. The van der Waals surface area contributed by atoms with Crippen LogP contribution in [0.5, 0.6) is 0 Å². The molecule has 0 atom stereocenters. The molecule has 2 heterocycles. The van der Waals surface area contributed by atoms with Gasteiger partial charge in [0.05, 0.1) is 9.82 Å². The van der Waals surface area contributed by atoms with E-state index in [1.165, 1.54) is 34.1 Å². The zero-order valence-electron chi connectivity index (χ0n) is 18.7. The fourth-order valence-corrected chi connectivity index (χ4v) is 6.06. The first kappa shape index (κ1) is 24.6. The predicted octanol–water partition coefficient (Wildman–Crippen LogP) is 2.99. The minimum atomic E-state index is -3.75. The number of piperazine rings is 1. The molecular formula is C23H27ClN4O5S. The zero-order valence-corrected chi connectivity index (χ0v) is 20.2. The lowest BCUT2D eigenvalue weighted by atomic mass is 9.96. The lowest BCUT2D eigenvalue weighted by Gasteiger charge is -2.38. The lowest BCUT2D eigenvalue weighted by Crippen LogP contribution is -2.51. The van der Waals surface area contributed by atoms with Crippen LogP contribution >= 0.6 is 11.6 Å². The molecule has 2 aliphatic rings. The average molecular weight is 507 g/mol. The SMILES string of the molecule is O=C(C1CCN(S(=O)(=O)c2ccc([N+](=O)[O-])cc2)CC1)N1CCN(Cc2ccc(Cl)cc2)CC1. The van der Waals surface area contributed by atoms with Crippen molar-refractivity contribution in [1.29, 1.82) is 0 Å². The van der Waals surface area contributed by atoms with Gasteiger partial charge in [0.25, 0.3) is 5.69 Å². The van der Waals surface area contributed by atoms with Crippen molar-refractivity contribution in [2.75, 3.05) is 39.3 Å². The van der Waals surface area contributed by atoms with Crippen LogP contribution in [0.25, 0.3) is 0 Å². The van der Waals surface area contributed by atoms with Gasteiger partial charge in [0.1, 0.15) is 0 Å². The molecular weight excluding hydrogens is 480 g/mol. The van der Waals surface area contributed by atoms with Crippen LogP contribution in [0.15, 0.2) is 53.4 Å². The van der Waals surface area contributed by atoms with Crippen molar-refractivity contribution in [2.45, 2.75) is 24.3 Å². The Hall–Kier alpha value is -2.53. The highest BCUT2D eigenvalue weighted by Gasteiger charge is 2.34. The molecule has 0 N–H and O–H groups in total. The van der Waals surface area contributed by atoms with Gasteiger partial charge < -0.3 is 4.90 Å². The molecule has 2 fully saturated rings. The highest BCUT2D eigenvalue weighted by Crippen LogP contribution is 2.26. The number of nitro groups is 1. The smallest absolute Gasteiger partial charge is 0.269 e. The summed E-state index contributed by atoms with van der Waals surface area (Å²) in [7, 11) is -3.75. The maximum absolute atomic E-state index is 13.0. The van der Waals surface area contributed by atoms with E-state index in [4.69, 9.17) is 11.6 Å². The van der Waals surface area contributed by atoms with Crippen molar-refractivity contribution < 1.29 is 18.1 Å². The molecule has 0 bridgehead atoms. The highest BCUT2D eigenvalue weighted by atomic mass is 35.5. The van der Waals surface area contributed by atoms with Crippen molar-refractivity contribution in [1.82, 2.24) is 14.1 Å². The number of sulfonamides is 1. The van der Waals surface area contributed by atoms with Gasteiger partial charge in [-0.25, -0.2) is 8.42 Å². The number of hydrogen-bond acceptors (Lipinski definition) is 6. The zero-order chi connectivity index (χ0) is 24.3. The third-order valence-corrected chi connectivity index (χ3v) is 8.66. The summed E-state index contributed by atoms with van der Waals surface area (Å²) in [4.78, 5) is 27.5. The Morgan fingerprint density at radius 3 is 2.09 bits per heavy atom. The maximum Gasteiger partial charge on any atom is 0.269 e. The predicted molar refractivity (Wildman–Crippen MR) is 128 cm³/mol. The van der Waals surface area contributed by atoms with Crippen LogP contribution in [0.1, 0.15) is 18.4 Å². The topological polar surface area (TPSA) is 104 Å². The van der Waals surface area contributed by atoms with E-state index in [9.17, 15) is 23.3 Å². The molecule has 4 rings (SSSR count). The fraction of sp³-hybridized carbons (Fsp3) is 0.435. The van der Waals surface area contributed by atoms with Crippen LogP contribution in [-0.4, -0.2) is 72.6 Å². The molecule has 0 spiro atoms. The summed E-state index contributed by atoms with van der Waals surface area (Å²) in [6, 6.07) is 12.7. The quantitative estimate of drug-likeness (QED) is 0.440. The summed E-state index contributed by atoms with van der Waals surface area (Å²) in [6.45, 7) is 4.24. The van der Waals surface area contributed by atoms with Crippen molar-refractivity contribution in [3.8, 4) is 0 Å². The van der Waals surface area contributed by atoms with Crippen LogP contribution in [-0.2, 0) is 21.4 Å². The van der Waals surface area contributed by atoms with Gasteiger partial charge in [0, 0.05) is 68.9 Å². The summed E-state index contributed by atoms with van der Waals surface area (Å²) in [5, 5.41) is 11.5. The fourth-order valence-electron chi connectivity index (χ4n) is 4.46. The van der Waals surface area contributed by atoms with E-state index in [-0.39, 0.29) is 35.5 Å². The van der Waals surface area contributed by atoms with Crippen molar-refractivity contribution in [2.24, 2.45) is 5.92 Å². The van der Waals surface area contributed by atoms with Crippen molar-refractivity contribution in [3.05, 3.63) is 69.2 Å². The minimum Gasteiger partial charge on any atom is -0.340 e. The standard InChI is InChI=1S/C23H27ClN4O5S/c24-20-3-1-18(2-4-20)17-25-13-15-26(16-14-25)23(29)19-9-11-27(12-10-19)34(32,33)22-7-5-21(6-8-22)28(30)31/h1-8,19H,9-17H2. The number of carbonyl (C=O) groups is 1. The molecule has 0 aliphatic carbocycles. The number of benzene rings is 2. The highest BCUT2D eigenvalue weighted by molar-refractivity contribution is 7.89. The first-order chi connectivity index (χ1) is 16.2. The number of halogens is 1. The van der Waals surface area contributed by atoms with Crippen LogP contribution in [0, 0.1) is 16.0 Å². The van der Waals surface area contributed by atoms with E-state index < -0.39 is 14.9 Å². The maximum atomic E-state index is 13.0. The number of amides is 1. The number of rotatable bonds is 6. The molecule has 2 aliphatic heterocycles. The summed E-state index contributed by atoms with van der Waals surface area (Å²) in [6.07, 6.45) is 0.937. The van der Waals surface area contributed by atoms with Gasteiger partial charge in [-0.2, -0.15) is 4.31 Å². The third kappa shape index (κ3) is 5.57. The molecule has 34 heavy (non-hydrogen) atoms. The first-order valence-electron chi connectivity index (χ1n) is 11.2. The largest absolute Gasteiger partial charge is 0.340 e. The van der Waals surface area contributed by atoms with E-state index in [0.29, 0.717) is 31.0 Å². The van der Waals surface area contributed by atoms with Crippen molar-refractivity contribution >= 4 is 33.2 Å². The van der Waals surface area contributed by atoms with Gasteiger partial charge in [-0.15, -0.1) is 0 Å². The monoisotopic (exact) mass is 506 g/mol. The average Bonchev–Trinajstić information content (AvgIpc) is 2.85.